The highest BCUT2D eigenvalue weighted by Gasteiger charge is 2.60. The molecule has 10 nitrogen and oxygen atoms in total. The Kier molecular flexibility index (Phi) is 4.73. The highest BCUT2D eigenvalue weighted by molar-refractivity contribution is 5.90. The predicted molar refractivity (Wildman–Crippen MR) is 105 cm³/mol. The minimum atomic E-state index is -1.96. The molecular weight excluding hydrogens is 392 g/mol. The predicted octanol–water partition coefficient (Wildman–Crippen LogP) is 2.68. The maximum absolute atomic E-state index is 13.3. The van der Waals surface area contributed by atoms with E-state index in [-0.39, 0.29) is 11.3 Å². The number of amides is 1. The first-order valence-electron chi connectivity index (χ1n) is 9.22. The third kappa shape index (κ3) is 3.43. The summed E-state index contributed by atoms with van der Waals surface area (Å²) in [6.07, 6.45) is 0.477. The second-order valence-electron chi connectivity index (χ2n) is 8.64. The first kappa shape index (κ1) is 21.1. The molecule has 158 valence electrons. The number of fused-ring (bicyclic) bond motifs is 1. The van der Waals surface area contributed by atoms with Crippen molar-refractivity contribution in [2.24, 2.45) is 0 Å². The summed E-state index contributed by atoms with van der Waals surface area (Å²) in [5.74, 6) is -0.892. The summed E-state index contributed by atoms with van der Waals surface area (Å²) in [6.45, 7) is 8.27. The van der Waals surface area contributed by atoms with Crippen molar-refractivity contribution in [1.29, 1.82) is 5.26 Å². The highest BCUT2D eigenvalue weighted by Crippen LogP contribution is 2.42. The number of esters is 1. The van der Waals surface area contributed by atoms with Gasteiger partial charge < -0.3 is 14.8 Å². The molecule has 2 heterocycles. The summed E-state index contributed by atoms with van der Waals surface area (Å²) in [7, 11) is 0. The maximum Gasteiger partial charge on any atom is 0.412 e. The first-order valence-corrected chi connectivity index (χ1v) is 9.22. The highest BCUT2D eigenvalue weighted by atomic mass is 16.6. The summed E-state index contributed by atoms with van der Waals surface area (Å²) in [5, 5.41) is 26.5. The lowest BCUT2D eigenvalue weighted by Gasteiger charge is -2.36. The van der Waals surface area contributed by atoms with Crippen LogP contribution in [0.2, 0.25) is 0 Å². The molecule has 1 aromatic carbocycles. The quantitative estimate of drug-likeness (QED) is 0.436. The van der Waals surface area contributed by atoms with Crippen molar-refractivity contribution in [3.63, 3.8) is 0 Å². The number of nitrogens with one attached hydrogen (secondary N) is 2. The van der Waals surface area contributed by atoms with E-state index in [1.54, 1.807) is 46.8 Å². The van der Waals surface area contributed by atoms with Gasteiger partial charge in [0.1, 0.15) is 23.0 Å². The van der Waals surface area contributed by atoms with Crippen LogP contribution in [0.3, 0.4) is 0 Å². The van der Waals surface area contributed by atoms with Gasteiger partial charge in [-0.05, 0) is 52.3 Å². The smallest absolute Gasteiger partial charge is 0.412 e. The molecule has 2 aliphatic rings. The van der Waals surface area contributed by atoms with Crippen molar-refractivity contribution in [2.45, 2.75) is 57.4 Å². The molecular formula is C20H22N4O6. The molecule has 0 radical (unpaired) electrons. The number of cyclic esters (lactones) is 1. The van der Waals surface area contributed by atoms with Crippen LogP contribution >= 0.6 is 0 Å². The fraction of sp³-hybridized carbons (Fsp3) is 0.450. The zero-order valence-corrected chi connectivity index (χ0v) is 17.2. The molecule has 1 amide bonds. The number of nitrogens with zero attached hydrogens (tertiary/aromatic N) is 2. The lowest BCUT2D eigenvalue weighted by Crippen LogP contribution is -2.57. The van der Waals surface area contributed by atoms with E-state index in [2.05, 4.69) is 10.6 Å². The van der Waals surface area contributed by atoms with Crippen LogP contribution < -0.4 is 10.6 Å². The standard InChI is InChI=1S/C20H22N4O6/c1-18(2,3)29-16(25)20(15(24(27)28)9-12(10-21)23-20)11-6-7-14-13(8-11)19(4,5)30-17(26)22-14/h6-9,15,23H,1-5H3,(H,22,26). The van der Waals surface area contributed by atoms with Crippen molar-refractivity contribution in [3.05, 3.63) is 51.2 Å². The Bertz CT molecular complexity index is 1020. The number of hydrogen-bond donors (Lipinski definition) is 2. The summed E-state index contributed by atoms with van der Waals surface area (Å²) >= 11 is 0. The molecule has 2 atom stereocenters. The van der Waals surface area contributed by atoms with Crippen LogP contribution in [0.1, 0.15) is 45.7 Å². The molecule has 1 aromatic rings. The zero-order chi connectivity index (χ0) is 22.5. The minimum absolute atomic E-state index is 0.107. The lowest BCUT2D eigenvalue weighted by molar-refractivity contribution is -0.518. The molecule has 30 heavy (non-hydrogen) atoms. The largest absolute Gasteiger partial charge is 0.458 e. The summed E-state index contributed by atoms with van der Waals surface area (Å²) in [5.41, 5.74) is -2.84. The Labute approximate surface area is 173 Å². The number of nitro groups is 1. The normalized spacial score (nSPS) is 24.3. The number of nitriles is 1. The van der Waals surface area contributed by atoms with Gasteiger partial charge in [0.05, 0.1) is 5.69 Å². The van der Waals surface area contributed by atoms with E-state index in [4.69, 9.17) is 9.47 Å². The molecule has 3 rings (SSSR count). The third-order valence-corrected chi connectivity index (χ3v) is 4.88. The number of ether oxygens (including phenoxy) is 2. The van der Waals surface area contributed by atoms with E-state index in [0.717, 1.165) is 6.08 Å². The number of benzene rings is 1. The molecule has 0 spiro atoms. The van der Waals surface area contributed by atoms with Crippen LogP contribution in [0.5, 0.6) is 0 Å². The van der Waals surface area contributed by atoms with Crippen LogP contribution in [-0.4, -0.2) is 28.6 Å². The Morgan fingerprint density at radius 2 is 2.03 bits per heavy atom. The monoisotopic (exact) mass is 414 g/mol. The fourth-order valence-corrected chi connectivity index (χ4v) is 3.61. The van der Waals surface area contributed by atoms with Crippen LogP contribution in [0.15, 0.2) is 30.0 Å². The van der Waals surface area contributed by atoms with Gasteiger partial charge >= 0.3 is 12.1 Å². The number of anilines is 1. The first-order chi connectivity index (χ1) is 13.8. The van der Waals surface area contributed by atoms with E-state index in [1.165, 1.54) is 6.07 Å². The number of carbonyl (C=O) groups is 2. The second kappa shape index (κ2) is 6.73. The maximum atomic E-state index is 13.3. The molecule has 0 saturated carbocycles. The van der Waals surface area contributed by atoms with E-state index in [0.29, 0.717) is 11.3 Å². The van der Waals surface area contributed by atoms with Gasteiger partial charge in [0, 0.05) is 16.6 Å². The summed E-state index contributed by atoms with van der Waals surface area (Å²) in [4.78, 5) is 36.4. The van der Waals surface area contributed by atoms with Gasteiger partial charge in [0.2, 0.25) is 5.54 Å². The van der Waals surface area contributed by atoms with E-state index < -0.39 is 39.8 Å². The van der Waals surface area contributed by atoms with Crippen LogP contribution in [0.25, 0.3) is 0 Å². The molecule has 2 aliphatic heterocycles. The van der Waals surface area contributed by atoms with Gasteiger partial charge in [-0.25, -0.2) is 9.59 Å². The molecule has 0 aromatic heterocycles. The molecule has 10 heteroatoms. The van der Waals surface area contributed by atoms with Crippen molar-refractivity contribution in [2.75, 3.05) is 5.32 Å². The van der Waals surface area contributed by atoms with E-state index in [9.17, 15) is 25.0 Å². The number of rotatable bonds is 3. The Hall–Kier alpha value is -3.61. The Morgan fingerprint density at radius 3 is 2.60 bits per heavy atom. The van der Waals surface area contributed by atoms with E-state index in [1.807, 2.05) is 6.07 Å². The van der Waals surface area contributed by atoms with Gasteiger partial charge in [0.15, 0.2) is 0 Å². The van der Waals surface area contributed by atoms with Gasteiger partial charge in [-0.2, -0.15) is 5.26 Å². The van der Waals surface area contributed by atoms with Crippen LogP contribution in [0, 0.1) is 21.4 Å². The van der Waals surface area contributed by atoms with Crippen molar-refractivity contribution in [1.82, 2.24) is 5.32 Å². The van der Waals surface area contributed by atoms with E-state index >= 15 is 0 Å². The Morgan fingerprint density at radius 1 is 1.37 bits per heavy atom. The summed E-state index contributed by atoms with van der Waals surface area (Å²) in [6, 6.07) is 4.83. The van der Waals surface area contributed by atoms with Crippen molar-refractivity contribution >= 4 is 17.7 Å². The SMILES string of the molecule is CC(C)(C)OC(=O)C1(c2ccc3c(c2)C(C)(C)OC(=O)N3)NC(C#N)=CC1[N+](=O)[O-]. The molecule has 0 aliphatic carbocycles. The number of allylic oxidation sites excluding steroid dienone is 1. The van der Waals surface area contributed by atoms with Gasteiger partial charge in [0.25, 0.3) is 6.04 Å². The van der Waals surface area contributed by atoms with Crippen molar-refractivity contribution < 1.29 is 24.0 Å². The molecule has 0 bridgehead atoms. The van der Waals surface area contributed by atoms with Crippen molar-refractivity contribution in [3.8, 4) is 6.07 Å². The fourth-order valence-electron chi connectivity index (χ4n) is 3.61. The Balaban J connectivity index is 2.23. The minimum Gasteiger partial charge on any atom is -0.458 e. The third-order valence-electron chi connectivity index (χ3n) is 4.88. The lowest BCUT2D eigenvalue weighted by atomic mass is 9.81. The van der Waals surface area contributed by atoms with Crippen LogP contribution in [0.4, 0.5) is 10.5 Å². The molecule has 0 fully saturated rings. The molecule has 0 saturated heterocycles. The topological polar surface area (TPSA) is 144 Å². The average molecular weight is 414 g/mol. The van der Waals surface area contributed by atoms with Gasteiger partial charge in [-0.15, -0.1) is 0 Å². The average Bonchev–Trinajstić information content (AvgIpc) is 3.00. The van der Waals surface area contributed by atoms with Crippen LogP contribution in [-0.2, 0) is 25.4 Å². The molecule has 2 unspecified atom stereocenters. The summed E-state index contributed by atoms with van der Waals surface area (Å²) < 4.78 is 10.8. The second-order valence-corrected chi connectivity index (χ2v) is 8.64. The molecule has 2 N–H and O–H groups in total. The van der Waals surface area contributed by atoms with Gasteiger partial charge in [-0.3, -0.25) is 15.4 Å². The zero-order valence-electron chi connectivity index (χ0n) is 17.2. The number of hydrogen-bond acceptors (Lipinski definition) is 8. The van der Waals surface area contributed by atoms with Gasteiger partial charge in [-0.1, -0.05) is 6.07 Å². The number of carbonyl (C=O) groups excluding carboxylic acids is 2.